The maximum atomic E-state index is 12.2. The maximum Gasteiger partial charge on any atom is 0.247 e. The lowest BCUT2D eigenvalue weighted by atomic mass is 9.98. The first kappa shape index (κ1) is 13.6. The fourth-order valence-corrected chi connectivity index (χ4v) is 2.48. The molecule has 0 aromatic carbocycles. The molecule has 1 saturated heterocycles. The van der Waals surface area contributed by atoms with Crippen LogP contribution in [0.4, 0.5) is 5.69 Å². The van der Waals surface area contributed by atoms with E-state index in [1.165, 1.54) is 0 Å². The number of hydrogen-bond donors (Lipinski definition) is 1. The van der Waals surface area contributed by atoms with E-state index in [0.717, 1.165) is 17.8 Å². The first-order chi connectivity index (χ1) is 8.95. The van der Waals surface area contributed by atoms with Crippen molar-refractivity contribution in [1.82, 2.24) is 15.1 Å². The molecule has 1 atom stereocenters. The molecule has 1 unspecified atom stereocenters. The summed E-state index contributed by atoms with van der Waals surface area (Å²) in [5, 5.41) is 7.00. The molecule has 2 rings (SSSR count). The quantitative estimate of drug-likeness (QED) is 0.863. The van der Waals surface area contributed by atoms with Crippen LogP contribution in [0.2, 0.25) is 0 Å². The van der Waals surface area contributed by atoms with E-state index in [1.807, 2.05) is 34.0 Å². The average Bonchev–Trinajstić information content (AvgIpc) is 2.72. The van der Waals surface area contributed by atoms with Crippen molar-refractivity contribution in [2.75, 3.05) is 11.4 Å². The van der Waals surface area contributed by atoms with Crippen molar-refractivity contribution in [2.24, 2.45) is 13.0 Å². The summed E-state index contributed by atoms with van der Waals surface area (Å²) in [6.07, 6.45) is 2.54. The molecule has 6 heteroatoms. The zero-order valence-electron chi connectivity index (χ0n) is 11.8. The predicted octanol–water partition coefficient (Wildman–Crippen LogP) is 0.470. The van der Waals surface area contributed by atoms with Crippen molar-refractivity contribution >= 4 is 17.5 Å². The Balaban J connectivity index is 2.48. The summed E-state index contributed by atoms with van der Waals surface area (Å²) in [6, 6.07) is -0.462. The van der Waals surface area contributed by atoms with Gasteiger partial charge in [0.1, 0.15) is 6.04 Å². The molecule has 1 aliphatic rings. The van der Waals surface area contributed by atoms with Crippen LogP contribution >= 0.6 is 0 Å². The highest BCUT2D eigenvalue weighted by Crippen LogP contribution is 2.26. The second-order valence-corrected chi connectivity index (χ2v) is 5.16. The lowest BCUT2D eigenvalue weighted by Gasteiger charge is -2.36. The van der Waals surface area contributed by atoms with Crippen molar-refractivity contribution in [3.05, 3.63) is 11.9 Å². The van der Waals surface area contributed by atoms with Crippen LogP contribution in [0.5, 0.6) is 0 Å². The fourth-order valence-electron chi connectivity index (χ4n) is 2.48. The summed E-state index contributed by atoms with van der Waals surface area (Å²) in [5.41, 5.74) is 1.60. The number of hydrogen-bond acceptors (Lipinski definition) is 3. The minimum absolute atomic E-state index is 0.0502. The highest BCUT2D eigenvalue weighted by atomic mass is 16.2. The van der Waals surface area contributed by atoms with E-state index >= 15 is 0 Å². The van der Waals surface area contributed by atoms with Gasteiger partial charge in [-0.05, 0) is 12.3 Å². The molecular formula is C13H20N4O2. The van der Waals surface area contributed by atoms with Gasteiger partial charge >= 0.3 is 0 Å². The molecule has 1 fully saturated rings. The van der Waals surface area contributed by atoms with Crippen molar-refractivity contribution in [3.63, 3.8) is 0 Å². The van der Waals surface area contributed by atoms with Crippen LogP contribution in [-0.2, 0) is 23.1 Å². The maximum absolute atomic E-state index is 12.2. The van der Waals surface area contributed by atoms with Crippen LogP contribution in [-0.4, -0.2) is 34.2 Å². The average molecular weight is 264 g/mol. The molecule has 1 aliphatic heterocycles. The zero-order valence-corrected chi connectivity index (χ0v) is 11.8. The second-order valence-electron chi connectivity index (χ2n) is 5.16. The molecule has 0 saturated carbocycles. The second kappa shape index (κ2) is 5.03. The van der Waals surface area contributed by atoms with Gasteiger partial charge in [-0.25, -0.2) is 0 Å². The number of aryl methyl sites for hydroxylation is 2. The molecular weight excluding hydrogens is 244 g/mol. The van der Waals surface area contributed by atoms with Gasteiger partial charge in [0.25, 0.3) is 0 Å². The van der Waals surface area contributed by atoms with Gasteiger partial charge in [-0.2, -0.15) is 5.10 Å². The molecule has 1 aromatic heterocycles. The van der Waals surface area contributed by atoms with Crippen LogP contribution in [0.15, 0.2) is 6.20 Å². The van der Waals surface area contributed by atoms with Crippen molar-refractivity contribution in [2.45, 2.75) is 33.2 Å². The Morgan fingerprint density at radius 1 is 1.47 bits per heavy atom. The number of carbonyl (C=O) groups is 2. The summed E-state index contributed by atoms with van der Waals surface area (Å²) in [5.74, 6) is -0.129. The molecule has 1 N–H and O–H groups in total. The Morgan fingerprint density at radius 2 is 2.16 bits per heavy atom. The largest absolute Gasteiger partial charge is 0.345 e. The van der Waals surface area contributed by atoms with Crippen molar-refractivity contribution < 1.29 is 9.59 Å². The van der Waals surface area contributed by atoms with Gasteiger partial charge in [-0.3, -0.25) is 19.2 Å². The Morgan fingerprint density at radius 3 is 2.74 bits per heavy atom. The van der Waals surface area contributed by atoms with Crippen LogP contribution in [0.1, 0.15) is 26.5 Å². The highest BCUT2D eigenvalue weighted by molar-refractivity contribution is 6.06. The summed E-state index contributed by atoms with van der Waals surface area (Å²) in [7, 11) is 1.82. The normalized spacial score (nSPS) is 20.1. The van der Waals surface area contributed by atoms with Crippen molar-refractivity contribution in [3.8, 4) is 0 Å². The van der Waals surface area contributed by atoms with E-state index in [1.54, 1.807) is 9.58 Å². The number of amides is 2. The third-order valence-corrected chi connectivity index (χ3v) is 3.34. The topological polar surface area (TPSA) is 67.2 Å². The number of rotatable bonds is 3. The van der Waals surface area contributed by atoms with Gasteiger partial charge in [0.2, 0.25) is 11.8 Å². The Bertz CT molecular complexity index is 507. The molecule has 1 aromatic rings. The first-order valence-electron chi connectivity index (χ1n) is 6.58. The van der Waals surface area contributed by atoms with Gasteiger partial charge in [-0.1, -0.05) is 20.8 Å². The van der Waals surface area contributed by atoms with Gasteiger partial charge in [0.15, 0.2) is 0 Å². The summed E-state index contributed by atoms with van der Waals surface area (Å²) in [4.78, 5) is 25.9. The third kappa shape index (κ3) is 2.34. The van der Waals surface area contributed by atoms with Crippen LogP contribution in [0.3, 0.4) is 0 Å². The SMILES string of the molecule is CCc1nn(C)cc1N1C(=O)CNC(=O)C1C(C)C. The Hall–Kier alpha value is -1.85. The molecule has 6 nitrogen and oxygen atoms in total. The molecule has 0 bridgehead atoms. The summed E-state index contributed by atoms with van der Waals surface area (Å²) in [6.45, 7) is 5.93. The highest BCUT2D eigenvalue weighted by Gasteiger charge is 2.38. The van der Waals surface area contributed by atoms with Crippen LogP contribution in [0.25, 0.3) is 0 Å². The molecule has 2 amide bonds. The summed E-state index contributed by atoms with van der Waals surface area (Å²) < 4.78 is 1.69. The van der Waals surface area contributed by atoms with E-state index in [4.69, 9.17) is 0 Å². The van der Waals surface area contributed by atoms with E-state index in [9.17, 15) is 9.59 Å². The minimum Gasteiger partial charge on any atom is -0.345 e. The van der Waals surface area contributed by atoms with Gasteiger partial charge in [0.05, 0.1) is 17.9 Å². The predicted molar refractivity (Wildman–Crippen MR) is 71.7 cm³/mol. The van der Waals surface area contributed by atoms with E-state index in [-0.39, 0.29) is 24.3 Å². The molecule has 2 heterocycles. The van der Waals surface area contributed by atoms with Gasteiger partial charge in [0, 0.05) is 13.2 Å². The number of piperazine rings is 1. The third-order valence-electron chi connectivity index (χ3n) is 3.34. The van der Waals surface area contributed by atoms with E-state index in [2.05, 4.69) is 10.4 Å². The first-order valence-corrected chi connectivity index (χ1v) is 6.58. The molecule has 0 spiro atoms. The molecule has 104 valence electrons. The van der Waals surface area contributed by atoms with Crippen LogP contribution < -0.4 is 10.2 Å². The lowest BCUT2D eigenvalue weighted by molar-refractivity contribution is -0.131. The standard InChI is InChI=1S/C13H20N4O2/c1-5-9-10(7-16(4)15-9)17-11(18)6-14-13(19)12(17)8(2)3/h7-8,12H,5-6H2,1-4H3,(H,14,19). The molecule has 0 radical (unpaired) electrons. The Labute approximate surface area is 112 Å². The molecule has 0 aliphatic carbocycles. The van der Waals surface area contributed by atoms with Gasteiger partial charge < -0.3 is 5.32 Å². The van der Waals surface area contributed by atoms with Gasteiger partial charge in [-0.15, -0.1) is 0 Å². The number of carbonyl (C=O) groups excluding carboxylic acids is 2. The summed E-state index contributed by atoms with van der Waals surface area (Å²) >= 11 is 0. The Kier molecular flexibility index (Phi) is 3.59. The fraction of sp³-hybridized carbons (Fsp3) is 0.615. The number of nitrogens with one attached hydrogen (secondary N) is 1. The monoisotopic (exact) mass is 264 g/mol. The number of nitrogens with zero attached hydrogens (tertiary/aromatic N) is 3. The van der Waals surface area contributed by atoms with Crippen molar-refractivity contribution in [1.29, 1.82) is 0 Å². The number of anilines is 1. The minimum atomic E-state index is -0.462. The van der Waals surface area contributed by atoms with Crippen LogP contribution in [0, 0.1) is 5.92 Å². The smallest absolute Gasteiger partial charge is 0.247 e. The molecule has 19 heavy (non-hydrogen) atoms. The number of aromatic nitrogens is 2. The van der Waals surface area contributed by atoms with E-state index in [0.29, 0.717) is 0 Å². The van der Waals surface area contributed by atoms with E-state index < -0.39 is 6.04 Å². The lowest BCUT2D eigenvalue weighted by Crippen LogP contribution is -2.60. The zero-order chi connectivity index (χ0) is 14.2.